The predicted molar refractivity (Wildman–Crippen MR) is 312 cm³/mol. The summed E-state index contributed by atoms with van der Waals surface area (Å²) < 4.78 is 13.8. The van der Waals surface area contributed by atoms with Crippen molar-refractivity contribution < 1.29 is 9.47 Å². The third-order valence-electron chi connectivity index (χ3n) is 18.4. The van der Waals surface area contributed by atoms with Gasteiger partial charge < -0.3 is 14.4 Å². The highest BCUT2D eigenvalue weighted by atomic mass is 16.5. The van der Waals surface area contributed by atoms with Crippen molar-refractivity contribution in [2.45, 2.75) is 16.2 Å². The SMILES string of the molecule is c1ccc2c(c1)Oc1ccccc1C21c2ccccc2-c2ccc(N(c3cccc4c3-c3ccccc3C43c4ccccc4-c4ccccc43)c3cccc4c3C3(c5ccccc5Oc5ccccc53)c3ccccc3-4)cc21. The largest absolute Gasteiger partial charge is 0.457 e. The number of nitrogens with zero attached hydrogens (tertiary/aromatic N) is 1. The molecule has 3 spiro atoms. The first-order chi connectivity index (χ1) is 38.7. The summed E-state index contributed by atoms with van der Waals surface area (Å²) in [6.45, 7) is 0. The van der Waals surface area contributed by atoms with Crippen LogP contribution in [0.25, 0.3) is 44.5 Å². The minimum atomic E-state index is -0.751. The van der Waals surface area contributed by atoms with E-state index in [1.54, 1.807) is 0 Å². The molecule has 0 saturated heterocycles. The fraction of sp³-hybridized carbons (Fsp3) is 0.0400. The van der Waals surface area contributed by atoms with Gasteiger partial charge in [0.15, 0.2) is 0 Å². The average Bonchev–Trinajstić information content (AvgIpc) is 4.12. The summed E-state index contributed by atoms with van der Waals surface area (Å²) in [6.07, 6.45) is 0. The monoisotopic (exact) mass is 991 g/mol. The number of anilines is 3. The number of rotatable bonds is 3. The zero-order valence-electron chi connectivity index (χ0n) is 42.2. The van der Waals surface area contributed by atoms with Crippen molar-refractivity contribution in [3.05, 3.63) is 340 Å². The van der Waals surface area contributed by atoms with E-state index < -0.39 is 16.2 Å². The Hall–Kier alpha value is -9.96. The molecule has 0 radical (unpaired) electrons. The van der Waals surface area contributed by atoms with E-state index in [1.807, 2.05) is 0 Å². The predicted octanol–water partition coefficient (Wildman–Crippen LogP) is 18.4. The highest BCUT2D eigenvalue weighted by Crippen LogP contribution is 2.69. The van der Waals surface area contributed by atoms with Crippen LogP contribution in [-0.2, 0) is 16.2 Å². The lowest BCUT2D eigenvalue weighted by molar-refractivity contribution is 0.436. The molecule has 0 fully saturated rings. The summed E-state index contributed by atoms with van der Waals surface area (Å²) in [6, 6.07) is 102. The Balaban J connectivity index is 0.998. The number of para-hydroxylation sites is 4. The third-order valence-corrected chi connectivity index (χ3v) is 18.4. The van der Waals surface area contributed by atoms with E-state index in [0.29, 0.717) is 0 Å². The fourth-order valence-electron chi connectivity index (χ4n) is 15.8. The van der Waals surface area contributed by atoms with Crippen LogP contribution in [0.15, 0.2) is 273 Å². The van der Waals surface area contributed by atoms with Crippen molar-refractivity contribution in [2.75, 3.05) is 4.90 Å². The van der Waals surface area contributed by atoms with E-state index in [0.717, 1.165) is 62.3 Å². The molecular formula is C75H45NO2. The molecule has 6 aliphatic rings. The third kappa shape index (κ3) is 4.93. The van der Waals surface area contributed by atoms with Crippen LogP contribution in [-0.4, -0.2) is 0 Å². The Bertz CT molecular complexity index is 4480. The molecule has 0 bridgehead atoms. The van der Waals surface area contributed by atoms with Crippen molar-refractivity contribution in [2.24, 2.45) is 0 Å². The lowest BCUT2D eigenvalue weighted by Gasteiger charge is -2.42. The van der Waals surface area contributed by atoms with E-state index in [1.165, 1.54) is 89.0 Å². The number of hydrogen-bond acceptors (Lipinski definition) is 3. The lowest BCUT2D eigenvalue weighted by Crippen LogP contribution is -2.34. The van der Waals surface area contributed by atoms with Gasteiger partial charge in [0.1, 0.15) is 23.0 Å². The Labute approximate surface area is 452 Å². The van der Waals surface area contributed by atoms with Crippen LogP contribution in [0.2, 0.25) is 0 Å². The molecule has 0 atom stereocenters. The minimum absolute atomic E-state index is 0.547. The van der Waals surface area contributed by atoms with E-state index in [2.05, 4.69) is 278 Å². The van der Waals surface area contributed by atoms with Gasteiger partial charge >= 0.3 is 0 Å². The molecule has 0 aromatic heterocycles. The summed E-state index contributed by atoms with van der Waals surface area (Å²) >= 11 is 0. The highest BCUT2D eigenvalue weighted by Gasteiger charge is 2.56. The zero-order valence-corrected chi connectivity index (χ0v) is 42.2. The van der Waals surface area contributed by atoms with Crippen LogP contribution < -0.4 is 14.4 Å². The molecule has 0 N–H and O–H groups in total. The minimum Gasteiger partial charge on any atom is -0.457 e. The summed E-state index contributed by atoms with van der Waals surface area (Å²) in [5, 5.41) is 0. The van der Waals surface area contributed by atoms with Gasteiger partial charge in [0, 0.05) is 39.1 Å². The highest BCUT2D eigenvalue weighted by molar-refractivity contribution is 6.04. The van der Waals surface area contributed by atoms with Gasteiger partial charge in [0.2, 0.25) is 0 Å². The second-order valence-corrected chi connectivity index (χ2v) is 21.6. The van der Waals surface area contributed by atoms with E-state index in [-0.39, 0.29) is 0 Å². The van der Waals surface area contributed by atoms with Crippen LogP contribution >= 0.6 is 0 Å². The van der Waals surface area contributed by atoms with Crippen LogP contribution in [0.5, 0.6) is 23.0 Å². The molecule has 78 heavy (non-hydrogen) atoms. The van der Waals surface area contributed by atoms with Gasteiger partial charge in [-0.2, -0.15) is 0 Å². The standard InChI is InChI=1S/C75H45NO2/c1-6-27-54-47(21-1)48-22-2-7-28-55(48)73(54)58-31-10-5-25-53(58)71-63(73)36-20-37-65(71)76(46-43-44-51-49-23-3-8-29-56(49)74(64(51)45-46)59-32-11-15-39-67(59)77-68-40-16-12-33-60(68)74)66-38-19-26-52-50-24-4-9-30-57(50)75(72(52)66)61-34-13-17-41-69(61)78-70-42-18-14-35-62(70)75/h1-45H. The van der Waals surface area contributed by atoms with Crippen molar-refractivity contribution in [3.8, 4) is 67.5 Å². The molecule has 0 saturated carbocycles. The molecule has 18 rings (SSSR count). The Kier molecular flexibility index (Phi) is 8.20. The van der Waals surface area contributed by atoms with Gasteiger partial charge in [-0.15, -0.1) is 0 Å². The molecule has 0 unspecified atom stereocenters. The second kappa shape index (κ2) is 15.1. The van der Waals surface area contributed by atoms with Crippen LogP contribution in [0.1, 0.15) is 66.8 Å². The normalized spacial score (nSPS) is 15.2. The average molecular weight is 992 g/mol. The van der Waals surface area contributed by atoms with Gasteiger partial charge in [-0.1, -0.05) is 224 Å². The number of ether oxygens (including phenoxy) is 2. The lowest BCUT2D eigenvalue weighted by atomic mass is 9.65. The Morgan fingerprint density at radius 1 is 0.231 bits per heavy atom. The number of benzene rings is 12. The summed E-state index contributed by atoms with van der Waals surface area (Å²) in [4.78, 5) is 2.64. The molecule has 362 valence electrons. The van der Waals surface area contributed by atoms with Gasteiger partial charge in [-0.3, -0.25) is 0 Å². The fourth-order valence-corrected chi connectivity index (χ4v) is 15.8. The second-order valence-electron chi connectivity index (χ2n) is 21.6. The Morgan fingerprint density at radius 3 is 1.08 bits per heavy atom. The first kappa shape index (κ1) is 42.3. The molecule has 3 heteroatoms. The van der Waals surface area contributed by atoms with Gasteiger partial charge in [-0.25, -0.2) is 0 Å². The molecule has 2 heterocycles. The molecule has 12 aromatic carbocycles. The summed E-state index contributed by atoms with van der Waals surface area (Å²) in [5.41, 5.74) is 26.0. The first-order valence-corrected chi connectivity index (χ1v) is 27.2. The molecule has 4 aliphatic carbocycles. The van der Waals surface area contributed by atoms with Gasteiger partial charge in [0.05, 0.1) is 27.6 Å². The number of fused-ring (bicyclic) bond motifs is 28. The molecular weight excluding hydrogens is 947 g/mol. The van der Waals surface area contributed by atoms with Crippen molar-refractivity contribution in [1.29, 1.82) is 0 Å². The summed E-state index contributed by atoms with van der Waals surface area (Å²) in [5.74, 6) is 3.48. The van der Waals surface area contributed by atoms with E-state index in [4.69, 9.17) is 9.47 Å². The zero-order chi connectivity index (χ0) is 50.9. The molecule has 12 aromatic rings. The van der Waals surface area contributed by atoms with Crippen molar-refractivity contribution in [3.63, 3.8) is 0 Å². The van der Waals surface area contributed by atoms with Crippen LogP contribution in [0.4, 0.5) is 17.1 Å². The Morgan fingerprint density at radius 2 is 0.564 bits per heavy atom. The molecule has 3 nitrogen and oxygen atoms in total. The van der Waals surface area contributed by atoms with Gasteiger partial charge in [-0.05, 0) is 126 Å². The van der Waals surface area contributed by atoms with Gasteiger partial charge in [0.25, 0.3) is 0 Å². The van der Waals surface area contributed by atoms with Crippen molar-refractivity contribution in [1.82, 2.24) is 0 Å². The van der Waals surface area contributed by atoms with Crippen molar-refractivity contribution >= 4 is 17.1 Å². The van der Waals surface area contributed by atoms with E-state index in [9.17, 15) is 0 Å². The molecule has 2 aliphatic heterocycles. The molecule has 0 amide bonds. The quantitative estimate of drug-likeness (QED) is 0.176. The topological polar surface area (TPSA) is 21.7 Å². The maximum atomic E-state index is 6.95. The smallest absolute Gasteiger partial charge is 0.132 e. The van der Waals surface area contributed by atoms with E-state index >= 15 is 0 Å². The maximum Gasteiger partial charge on any atom is 0.132 e. The van der Waals surface area contributed by atoms with Crippen LogP contribution in [0.3, 0.4) is 0 Å². The van der Waals surface area contributed by atoms with Crippen LogP contribution in [0, 0.1) is 0 Å². The first-order valence-electron chi connectivity index (χ1n) is 27.2. The summed E-state index contributed by atoms with van der Waals surface area (Å²) in [7, 11) is 0. The number of hydrogen-bond donors (Lipinski definition) is 0. The maximum absolute atomic E-state index is 6.95.